The molecule has 0 atom stereocenters. The van der Waals surface area contributed by atoms with Crippen LogP contribution in [0.4, 0.5) is 35.9 Å². The Morgan fingerprint density at radius 3 is 1.86 bits per heavy atom. The third kappa shape index (κ3) is 4.47. The van der Waals surface area contributed by atoms with Crippen LogP contribution in [0, 0.1) is 17.5 Å². The summed E-state index contributed by atoms with van der Waals surface area (Å²) in [4.78, 5) is 23.8. The first-order valence-corrected chi connectivity index (χ1v) is 8.12. The normalized spacial score (nSPS) is 10.2. The molecule has 8 heteroatoms. The Morgan fingerprint density at radius 2 is 1.18 bits per heavy atom. The predicted molar refractivity (Wildman–Crippen MR) is 99.7 cm³/mol. The average Bonchev–Trinajstić information content (AvgIpc) is 2.70. The molecule has 0 aliphatic heterocycles. The fourth-order valence-electron chi connectivity index (χ4n) is 2.31. The molecule has 0 aromatic heterocycles. The lowest BCUT2D eigenvalue weighted by molar-refractivity contribution is -0.133. The van der Waals surface area contributed by atoms with E-state index in [9.17, 15) is 22.8 Å². The van der Waals surface area contributed by atoms with Gasteiger partial charge in [-0.1, -0.05) is 18.2 Å². The molecule has 0 saturated carbocycles. The molecule has 5 nitrogen and oxygen atoms in total. The third-order valence-corrected chi connectivity index (χ3v) is 3.69. The highest BCUT2D eigenvalue weighted by molar-refractivity contribution is 6.43. The number of hydrogen-bond donors (Lipinski definition) is 3. The topological polar surface area (TPSA) is 70.2 Å². The molecule has 0 aliphatic carbocycles. The Kier molecular flexibility index (Phi) is 5.59. The molecule has 142 valence electrons. The van der Waals surface area contributed by atoms with Crippen molar-refractivity contribution in [2.45, 2.75) is 0 Å². The van der Waals surface area contributed by atoms with Gasteiger partial charge in [-0.05, 0) is 48.5 Å². The summed E-state index contributed by atoms with van der Waals surface area (Å²) in [5, 5.41) is 7.38. The molecule has 3 aromatic carbocycles. The first-order chi connectivity index (χ1) is 13.4. The van der Waals surface area contributed by atoms with E-state index in [2.05, 4.69) is 10.6 Å². The summed E-state index contributed by atoms with van der Waals surface area (Å²) < 4.78 is 39.6. The second-order valence-electron chi connectivity index (χ2n) is 5.70. The van der Waals surface area contributed by atoms with Crippen molar-refractivity contribution in [1.29, 1.82) is 0 Å². The van der Waals surface area contributed by atoms with Gasteiger partial charge in [-0.25, -0.2) is 13.2 Å². The van der Waals surface area contributed by atoms with E-state index in [1.54, 1.807) is 24.3 Å². The van der Waals surface area contributed by atoms with Gasteiger partial charge in [-0.3, -0.25) is 9.59 Å². The van der Waals surface area contributed by atoms with Crippen molar-refractivity contribution in [3.8, 4) is 0 Å². The summed E-state index contributed by atoms with van der Waals surface area (Å²) >= 11 is 0. The van der Waals surface area contributed by atoms with Crippen LogP contribution in [-0.4, -0.2) is 11.8 Å². The van der Waals surface area contributed by atoms with Gasteiger partial charge in [0, 0.05) is 17.1 Å². The Balaban J connectivity index is 1.61. The smallest absolute Gasteiger partial charge is 0.314 e. The number of amides is 2. The second kappa shape index (κ2) is 8.26. The SMILES string of the molecule is O=C(Nc1ccc(Nc2ccccc2)cc1)C(=O)Nc1ccc(F)c(F)c1F. The molecule has 3 N–H and O–H groups in total. The Bertz CT molecular complexity index is 1010. The van der Waals surface area contributed by atoms with E-state index in [1.165, 1.54) is 0 Å². The molecule has 0 bridgehead atoms. The Hall–Kier alpha value is -3.81. The molecular formula is C20H14F3N3O2. The molecule has 0 heterocycles. The highest BCUT2D eigenvalue weighted by atomic mass is 19.2. The minimum absolute atomic E-state index is 0.324. The van der Waals surface area contributed by atoms with Gasteiger partial charge in [0.1, 0.15) is 0 Å². The lowest BCUT2D eigenvalue weighted by atomic mass is 10.2. The van der Waals surface area contributed by atoms with Crippen LogP contribution < -0.4 is 16.0 Å². The first-order valence-electron chi connectivity index (χ1n) is 8.12. The first kappa shape index (κ1) is 19.0. The number of para-hydroxylation sites is 1. The van der Waals surface area contributed by atoms with Crippen LogP contribution in [0.5, 0.6) is 0 Å². The number of carbonyl (C=O) groups excluding carboxylic acids is 2. The Morgan fingerprint density at radius 1 is 0.607 bits per heavy atom. The van der Waals surface area contributed by atoms with Crippen LogP contribution in [0.2, 0.25) is 0 Å². The fraction of sp³-hybridized carbons (Fsp3) is 0. The van der Waals surface area contributed by atoms with E-state index in [0.717, 1.165) is 17.4 Å². The van der Waals surface area contributed by atoms with Crippen molar-refractivity contribution < 1.29 is 22.8 Å². The van der Waals surface area contributed by atoms with Gasteiger partial charge in [0.05, 0.1) is 5.69 Å². The van der Waals surface area contributed by atoms with Crippen molar-refractivity contribution in [1.82, 2.24) is 0 Å². The summed E-state index contributed by atoms with van der Waals surface area (Å²) in [5.74, 6) is -7.04. The van der Waals surface area contributed by atoms with Gasteiger partial charge in [0.25, 0.3) is 0 Å². The van der Waals surface area contributed by atoms with E-state index in [-0.39, 0.29) is 0 Å². The van der Waals surface area contributed by atoms with Crippen LogP contribution in [0.3, 0.4) is 0 Å². The number of halogens is 3. The largest absolute Gasteiger partial charge is 0.356 e. The van der Waals surface area contributed by atoms with E-state index < -0.39 is 35.0 Å². The molecule has 0 aliphatic rings. The molecule has 0 unspecified atom stereocenters. The van der Waals surface area contributed by atoms with Crippen molar-refractivity contribution in [2.24, 2.45) is 0 Å². The van der Waals surface area contributed by atoms with Gasteiger partial charge in [0.15, 0.2) is 17.5 Å². The molecule has 3 rings (SSSR count). The molecule has 3 aromatic rings. The van der Waals surface area contributed by atoms with Crippen molar-refractivity contribution in [3.05, 3.63) is 84.2 Å². The molecule has 2 amide bonds. The number of benzene rings is 3. The van der Waals surface area contributed by atoms with Crippen LogP contribution in [0.1, 0.15) is 0 Å². The number of carbonyl (C=O) groups is 2. The zero-order chi connectivity index (χ0) is 20.1. The fourth-order valence-corrected chi connectivity index (χ4v) is 2.31. The average molecular weight is 385 g/mol. The third-order valence-electron chi connectivity index (χ3n) is 3.69. The molecular weight excluding hydrogens is 371 g/mol. The van der Waals surface area contributed by atoms with Gasteiger partial charge in [0.2, 0.25) is 0 Å². The number of nitrogens with one attached hydrogen (secondary N) is 3. The summed E-state index contributed by atoms with van der Waals surface area (Å²) in [7, 11) is 0. The van der Waals surface area contributed by atoms with E-state index in [4.69, 9.17) is 0 Å². The second-order valence-corrected chi connectivity index (χ2v) is 5.70. The molecule has 0 spiro atoms. The standard InChI is InChI=1S/C20H14F3N3O2/c21-15-10-11-16(18(23)17(15)22)26-20(28)19(27)25-14-8-6-13(7-9-14)24-12-4-2-1-3-5-12/h1-11,24H,(H,25,27)(H,26,28). The monoisotopic (exact) mass is 385 g/mol. The minimum atomic E-state index is -1.74. The maximum Gasteiger partial charge on any atom is 0.314 e. The number of hydrogen-bond acceptors (Lipinski definition) is 3. The predicted octanol–water partition coefficient (Wildman–Crippen LogP) is 4.42. The van der Waals surface area contributed by atoms with Gasteiger partial charge >= 0.3 is 11.8 Å². The van der Waals surface area contributed by atoms with Crippen LogP contribution in [-0.2, 0) is 9.59 Å². The molecule has 0 saturated heterocycles. The summed E-state index contributed by atoms with van der Waals surface area (Å²) in [6.07, 6.45) is 0. The van der Waals surface area contributed by atoms with Gasteiger partial charge in [-0.2, -0.15) is 0 Å². The van der Waals surface area contributed by atoms with Crippen LogP contribution in [0.15, 0.2) is 66.7 Å². The van der Waals surface area contributed by atoms with E-state index in [0.29, 0.717) is 11.8 Å². The summed E-state index contributed by atoms with van der Waals surface area (Å²) in [5.41, 5.74) is 1.33. The highest BCUT2D eigenvalue weighted by Gasteiger charge is 2.19. The number of anilines is 4. The highest BCUT2D eigenvalue weighted by Crippen LogP contribution is 2.20. The lowest BCUT2D eigenvalue weighted by Gasteiger charge is -2.09. The Labute approximate surface area is 158 Å². The zero-order valence-corrected chi connectivity index (χ0v) is 14.3. The van der Waals surface area contributed by atoms with E-state index >= 15 is 0 Å². The molecule has 0 fully saturated rings. The molecule has 28 heavy (non-hydrogen) atoms. The lowest BCUT2D eigenvalue weighted by Crippen LogP contribution is -2.29. The maximum atomic E-state index is 13.6. The van der Waals surface area contributed by atoms with Gasteiger partial charge in [-0.15, -0.1) is 0 Å². The quantitative estimate of drug-likeness (QED) is 0.460. The van der Waals surface area contributed by atoms with Crippen LogP contribution >= 0.6 is 0 Å². The van der Waals surface area contributed by atoms with Crippen LogP contribution in [0.25, 0.3) is 0 Å². The minimum Gasteiger partial charge on any atom is -0.356 e. The van der Waals surface area contributed by atoms with Crippen molar-refractivity contribution >= 4 is 34.6 Å². The summed E-state index contributed by atoms with van der Waals surface area (Å²) in [6.45, 7) is 0. The maximum absolute atomic E-state index is 13.6. The zero-order valence-electron chi connectivity index (χ0n) is 14.3. The summed E-state index contributed by atoms with van der Waals surface area (Å²) in [6, 6.07) is 17.4. The molecule has 0 radical (unpaired) electrons. The van der Waals surface area contributed by atoms with Crippen molar-refractivity contribution in [3.63, 3.8) is 0 Å². The van der Waals surface area contributed by atoms with Crippen molar-refractivity contribution in [2.75, 3.05) is 16.0 Å². The van der Waals surface area contributed by atoms with E-state index in [1.807, 2.05) is 35.6 Å². The number of rotatable bonds is 4. The van der Waals surface area contributed by atoms with Gasteiger partial charge < -0.3 is 16.0 Å².